The first-order valence-corrected chi connectivity index (χ1v) is 9.36. The molecule has 0 aliphatic rings. The number of aliphatic hydroxyl groups is 1. The minimum atomic E-state index is -0.661. The second kappa shape index (κ2) is 7.27. The highest BCUT2D eigenvalue weighted by Gasteiger charge is 2.17. The zero-order valence-corrected chi connectivity index (χ0v) is 15.2. The van der Waals surface area contributed by atoms with E-state index in [9.17, 15) is 5.11 Å². The topological polar surface area (TPSA) is 60.2 Å². The van der Waals surface area contributed by atoms with Gasteiger partial charge in [0.25, 0.3) is 0 Å². The summed E-state index contributed by atoms with van der Waals surface area (Å²) >= 11 is 1.53. The van der Waals surface area contributed by atoms with Crippen LogP contribution in [0.4, 0.5) is 0 Å². The SMILES string of the molecule is Cc1ccc(OC[C@@H](O)Cn2c(-c3cscn3)nc3ccccc32)cc1. The largest absolute Gasteiger partial charge is 0.491 e. The predicted molar refractivity (Wildman–Crippen MR) is 104 cm³/mol. The Morgan fingerprint density at radius 2 is 1.96 bits per heavy atom. The molecule has 6 heteroatoms. The van der Waals surface area contributed by atoms with Crippen molar-refractivity contribution < 1.29 is 9.84 Å². The molecule has 132 valence electrons. The lowest BCUT2D eigenvalue weighted by Crippen LogP contribution is -2.24. The van der Waals surface area contributed by atoms with E-state index in [0.717, 1.165) is 28.3 Å². The molecule has 0 bridgehead atoms. The van der Waals surface area contributed by atoms with Crippen LogP contribution in [0.15, 0.2) is 59.4 Å². The van der Waals surface area contributed by atoms with Crippen molar-refractivity contribution in [3.8, 4) is 17.3 Å². The van der Waals surface area contributed by atoms with Crippen molar-refractivity contribution in [3.63, 3.8) is 0 Å². The molecule has 1 N–H and O–H groups in total. The van der Waals surface area contributed by atoms with Crippen LogP contribution in [0.3, 0.4) is 0 Å². The van der Waals surface area contributed by atoms with Gasteiger partial charge in [-0.2, -0.15) is 0 Å². The Labute approximate surface area is 155 Å². The standard InChI is InChI=1S/C20H19N3O2S/c1-14-6-8-16(9-7-14)25-11-15(24)10-23-19-5-3-2-4-17(19)22-20(23)18-12-26-13-21-18/h2-9,12-13,15,24H,10-11H2,1H3/t15-/m0/s1. The molecule has 2 heterocycles. The zero-order chi connectivity index (χ0) is 17.9. The molecule has 2 aromatic heterocycles. The van der Waals surface area contributed by atoms with E-state index in [1.807, 2.05) is 65.4 Å². The summed E-state index contributed by atoms with van der Waals surface area (Å²) in [5.41, 5.74) is 5.65. The lowest BCUT2D eigenvalue weighted by Gasteiger charge is -2.15. The van der Waals surface area contributed by atoms with Gasteiger partial charge in [0.1, 0.15) is 24.2 Å². The van der Waals surface area contributed by atoms with Gasteiger partial charge in [-0.1, -0.05) is 29.8 Å². The van der Waals surface area contributed by atoms with E-state index in [1.54, 1.807) is 5.51 Å². The molecule has 4 rings (SSSR count). The van der Waals surface area contributed by atoms with E-state index in [0.29, 0.717) is 6.54 Å². The van der Waals surface area contributed by atoms with Gasteiger partial charge in [0.15, 0.2) is 5.82 Å². The molecule has 0 radical (unpaired) electrons. The number of rotatable bonds is 6. The Morgan fingerprint density at radius 1 is 1.15 bits per heavy atom. The quantitative estimate of drug-likeness (QED) is 0.563. The average Bonchev–Trinajstić information content (AvgIpc) is 3.30. The molecule has 26 heavy (non-hydrogen) atoms. The van der Waals surface area contributed by atoms with E-state index >= 15 is 0 Å². The van der Waals surface area contributed by atoms with Crippen LogP contribution < -0.4 is 4.74 Å². The first kappa shape index (κ1) is 16.8. The second-order valence-corrected chi connectivity index (χ2v) is 6.90. The number of aliphatic hydroxyl groups excluding tert-OH is 1. The molecular weight excluding hydrogens is 346 g/mol. The number of ether oxygens (including phenoxy) is 1. The molecule has 2 aromatic carbocycles. The fourth-order valence-electron chi connectivity index (χ4n) is 2.87. The minimum absolute atomic E-state index is 0.214. The molecule has 0 saturated heterocycles. The number of thiazole rings is 1. The van der Waals surface area contributed by atoms with Gasteiger partial charge < -0.3 is 14.4 Å². The number of aromatic nitrogens is 3. The molecule has 0 spiro atoms. The van der Waals surface area contributed by atoms with Crippen molar-refractivity contribution in [3.05, 3.63) is 65.0 Å². The van der Waals surface area contributed by atoms with Crippen molar-refractivity contribution >= 4 is 22.4 Å². The highest BCUT2D eigenvalue weighted by atomic mass is 32.1. The highest BCUT2D eigenvalue weighted by molar-refractivity contribution is 7.07. The third kappa shape index (κ3) is 3.47. The summed E-state index contributed by atoms with van der Waals surface area (Å²) in [6, 6.07) is 15.7. The van der Waals surface area contributed by atoms with E-state index in [-0.39, 0.29) is 6.61 Å². The number of benzene rings is 2. The Bertz CT molecular complexity index is 994. The Balaban J connectivity index is 1.56. The van der Waals surface area contributed by atoms with Gasteiger partial charge in [-0.15, -0.1) is 11.3 Å². The van der Waals surface area contributed by atoms with Gasteiger partial charge in [0, 0.05) is 5.38 Å². The normalized spacial score (nSPS) is 12.4. The summed E-state index contributed by atoms with van der Waals surface area (Å²) in [6.45, 7) is 2.63. The van der Waals surface area contributed by atoms with Gasteiger partial charge in [-0.3, -0.25) is 0 Å². The number of nitrogens with zero attached hydrogens (tertiary/aromatic N) is 3. The number of hydrogen-bond acceptors (Lipinski definition) is 5. The zero-order valence-electron chi connectivity index (χ0n) is 14.4. The summed E-state index contributed by atoms with van der Waals surface area (Å²) < 4.78 is 7.72. The molecule has 0 saturated carbocycles. The maximum absolute atomic E-state index is 10.5. The fraction of sp³-hybridized carbons (Fsp3) is 0.200. The highest BCUT2D eigenvalue weighted by Crippen LogP contribution is 2.25. The summed E-state index contributed by atoms with van der Waals surface area (Å²) in [4.78, 5) is 9.07. The molecule has 0 aliphatic heterocycles. The van der Waals surface area contributed by atoms with Crippen molar-refractivity contribution in [1.82, 2.24) is 14.5 Å². The fourth-order valence-corrected chi connectivity index (χ4v) is 3.40. The number of imidazole rings is 1. The van der Waals surface area contributed by atoms with Gasteiger partial charge in [-0.25, -0.2) is 9.97 Å². The van der Waals surface area contributed by atoms with Crippen molar-refractivity contribution in [2.75, 3.05) is 6.61 Å². The number of hydrogen-bond donors (Lipinski definition) is 1. The van der Waals surface area contributed by atoms with Crippen LogP contribution in [-0.4, -0.2) is 32.4 Å². The van der Waals surface area contributed by atoms with Crippen molar-refractivity contribution in [2.24, 2.45) is 0 Å². The molecular formula is C20H19N3O2S. The third-order valence-corrected chi connectivity index (χ3v) is 4.76. The summed E-state index contributed by atoms with van der Waals surface area (Å²) in [6.07, 6.45) is -0.661. The van der Waals surface area contributed by atoms with E-state index in [2.05, 4.69) is 4.98 Å². The molecule has 0 aliphatic carbocycles. The Morgan fingerprint density at radius 3 is 2.73 bits per heavy atom. The lowest BCUT2D eigenvalue weighted by molar-refractivity contribution is 0.0938. The maximum atomic E-state index is 10.5. The van der Waals surface area contributed by atoms with Gasteiger partial charge in [0.05, 0.1) is 23.1 Å². The summed E-state index contributed by atoms with van der Waals surface area (Å²) in [5.74, 6) is 1.52. The second-order valence-electron chi connectivity index (χ2n) is 6.19. The van der Waals surface area contributed by atoms with Crippen LogP contribution in [0.25, 0.3) is 22.6 Å². The Hall–Kier alpha value is -2.70. The molecule has 5 nitrogen and oxygen atoms in total. The van der Waals surface area contributed by atoms with Crippen LogP contribution in [0.5, 0.6) is 5.75 Å². The molecule has 0 amide bonds. The van der Waals surface area contributed by atoms with Crippen LogP contribution in [0.1, 0.15) is 5.56 Å². The van der Waals surface area contributed by atoms with Gasteiger partial charge in [0.2, 0.25) is 0 Å². The maximum Gasteiger partial charge on any atom is 0.160 e. The molecule has 0 unspecified atom stereocenters. The summed E-state index contributed by atoms with van der Waals surface area (Å²) in [5, 5.41) is 12.5. The monoisotopic (exact) mass is 365 g/mol. The van der Waals surface area contributed by atoms with E-state index in [4.69, 9.17) is 9.72 Å². The number of fused-ring (bicyclic) bond motifs is 1. The first-order chi connectivity index (χ1) is 12.7. The van der Waals surface area contributed by atoms with Gasteiger partial charge >= 0.3 is 0 Å². The van der Waals surface area contributed by atoms with E-state index in [1.165, 1.54) is 16.9 Å². The van der Waals surface area contributed by atoms with Crippen LogP contribution in [0.2, 0.25) is 0 Å². The number of para-hydroxylation sites is 2. The van der Waals surface area contributed by atoms with Crippen molar-refractivity contribution in [1.29, 1.82) is 0 Å². The molecule has 4 aromatic rings. The first-order valence-electron chi connectivity index (χ1n) is 8.42. The van der Waals surface area contributed by atoms with E-state index < -0.39 is 6.10 Å². The summed E-state index contributed by atoms with van der Waals surface area (Å²) in [7, 11) is 0. The average molecular weight is 365 g/mol. The van der Waals surface area contributed by atoms with Crippen LogP contribution in [0, 0.1) is 6.92 Å². The van der Waals surface area contributed by atoms with Gasteiger partial charge in [-0.05, 0) is 31.2 Å². The van der Waals surface area contributed by atoms with Crippen LogP contribution in [-0.2, 0) is 6.54 Å². The van der Waals surface area contributed by atoms with Crippen LogP contribution >= 0.6 is 11.3 Å². The Kier molecular flexibility index (Phi) is 4.69. The third-order valence-electron chi connectivity index (χ3n) is 4.17. The smallest absolute Gasteiger partial charge is 0.160 e. The minimum Gasteiger partial charge on any atom is -0.491 e. The predicted octanol–water partition coefficient (Wildman–Crippen LogP) is 3.91. The molecule has 0 fully saturated rings. The lowest BCUT2D eigenvalue weighted by atomic mass is 10.2. The molecule has 1 atom stereocenters. The number of aryl methyl sites for hydroxylation is 1. The van der Waals surface area contributed by atoms with Crippen molar-refractivity contribution in [2.45, 2.75) is 19.6 Å².